The Bertz CT molecular complexity index is 813. The zero-order valence-electron chi connectivity index (χ0n) is 13.9. The van der Waals surface area contributed by atoms with Crippen LogP contribution in [0.4, 0.5) is 5.13 Å². The first-order chi connectivity index (χ1) is 12.8. The van der Waals surface area contributed by atoms with Gasteiger partial charge in [0.2, 0.25) is 11.8 Å². The molecule has 0 aromatic carbocycles. The number of methoxy groups -OCH3 is 1. The Hall–Kier alpha value is -2.44. The summed E-state index contributed by atoms with van der Waals surface area (Å²) in [5, 5.41) is 10.7. The lowest BCUT2D eigenvalue weighted by Crippen LogP contribution is -2.72. The van der Waals surface area contributed by atoms with E-state index in [0.29, 0.717) is 0 Å². The molecule has 1 saturated heterocycles. The molecule has 14 heteroatoms. The van der Waals surface area contributed by atoms with Gasteiger partial charge in [-0.05, 0) is 0 Å². The molecule has 0 unspecified atom stereocenters. The number of alkyl halides is 1. The molecule has 1 aromatic heterocycles. The van der Waals surface area contributed by atoms with Crippen molar-refractivity contribution in [1.29, 1.82) is 0 Å². The molecular weight excluding hydrogens is 425 g/mol. The Morgan fingerprint density at radius 3 is 2.63 bits per heavy atom. The van der Waals surface area contributed by atoms with Crippen LogP contribution in [0.15, 0.2) is 5.16 Å². The van der Waals surface area contributed by atoms with Crippen molar-refractivity contribution in [3.8, 4) is 0 Å². The summed E-state index contributed by atoms with van der Waals surface area (Å²) >= 11 is 12.3. The largest absolute Gasteiger partial charge is 0.467 e. The maximum absolute atomic E-state index is 12.5. The molecule has 11 nitrogen and oxygen atoms in total. The highest BCUT2D eigenvalue weighted by molar-refractivity contribution is 7.20. The smallest absolute Gasteiger partial charge is 0.331 e. The van der Waals surface area contributed by atoms with E-state index in [4.69, 9.17) is 23.2 Å². The summed E-state index contributed by atoms with van der Waals surface area (Å²) < 4.78 is 4.57. The van der Waals surface area contributed by atoms with Crippen LogP contribution in [0.2, 0.25) is 4.34 Å². The predicted octanol–water partition coefficient (Wildman–Crippen LogP) is -0.519. The van der Waals surface area contributed by atoms with E-state index in [9.17, 15) is 19.2 Å². The quantitative estimate of drug-likeness (QED) is 0.171. The topological polar surface area (TPSA) is 148 Å². The number of hydrogen-bond donors (Lipinski definition) is 3. The van der Waals surface area contributed by atoms with Crippen molar-refractivity contribution in [2.45, 2.75) is 12.1 Å². The van der Waals surface area contributed by atoms with Crippen molar-refractivity contribution < 1.29 is 28.8 Å². The van der Waals surface area contributed by atoms with E-state index in [-0.39, 0.29) is 26.8 Å². The number of nitrogens with one attached hydrogen (secondary N) is 3. The highest BCUT2D eigenvalue weighted by atomic mass is 35.5. The van der Waals surface area contributed by atoms with Crippen molar-refractivity contribution >= 4 is 69.1 Å². The number of hydrogen-bond acceptors (Lipinski definition) is 9. The van der Waals surface area contributed by atoms with Gasteiger partial charge in [0.05, 0.1) is 7.11 Å². The van der Waals surface area contributed by atoms with E-state index in [1.54, 1.807) is 0 Å². The minimum Gasteiger partial charge on any atom is -0.467 e. The van der Waals surface area contributed by atoms with E-state index >= 15 is 0 Å². The predicted molar refractivity (Wildman–Crippen MR) is 95.9 cm³/mol. The minimum atomic E-state index is -1.15. The molecule has 3 N–H and O–H groups in total. The highest BCUT2D eigenvalue weighted by Gasteiger charge is 2.46. The van der Waals surface area contributed by atoms with Gasteiger partial charge < -0.3 is 25.5 Å². The lowest BCUT2D eigenvalue weighted by molar-refractivity contribution is -0.153. The first-order valence-electron chi connectivity index (χ1n) is 7.15. The first-order valence-corrected chi connectivity index (χ1v) is 8.88. The first kappa shape index (κ1) is 20.9. The van der Waals surface area contributed by atoms with Crippen LogP contribution in [-0.2, 0) is 28.8 Å². The number of halogens is 2. The fraction of sp³-hybridized carbons (Fsp3) is 0.385. The van der Waals surface area contributed by atoms with Crippen LogP contribution < -0.4 is 16.0 Å². The molecule has 0 spiro atoms. The number of anilines is 1. The maximum atomic E-state index is 12.5. The number of nitrogens with zero attached hydrogens (tertiary/aromatic N) is 2. The van der Waals surface area contributed by atoms with Gasteiger partial charge in [0.1, 0.15) is 29.1 Å². The molecule has 1 aliphatic rings. The van der Waals surface area contributed by atoms with Crippen LogP contribution in [0.1, 0.15) is 5.69 Å². The Kier molecular flexibility index (Phi) is 6.93. The standard InChI is InChI=1S/C13H13Cl2N5O6S/c1-25-12(24)8-6(10(22)18-8)17-11(23)7(20-26-2)5-9(15)27-13(19-5)16-4(21)3-14/h6,8H,3H2,1-2H3,(H,17,23)(H,18,22)(H,16,19,21)/b20-7-/t6-,8-/m1/s1. The number of aromatic nitrogens is 1. The van der Waals surface area contributed by atoms with Crippen LogP contribution in [0.5, 0.6) is 0 Å². The highest BCUT2D eigenvalue weighted by Crippen LogP contribution is 2.29. The molecule has 0 bridgehead atoms. The SMILES string of the molecule is CO/N=C(\C(=O)N[C@H]1C(=O)N[C@H]1C(=O)OC)c1nc(NC(=O)CCl)sc1Cl. The van der Waals surface area contributed by atoms with Crippen molar-refractivity contribution in [2.75, 3.05) is 25.4 Å². The van der Waals surface area contributed by atoms with Gasteiger partial charge in [-0.1, -0.05) is 28.1 Å². The second kappa shape index (κ2) is 8.97. The van der Waals surface area contributed by atoms with E-state index in [0.717, 1.165) is 18.4 Å². The summed E-state index contributed by atoms with van der Waals surface area (Å²) in [4.78, 5) is 55.7. The number of rotatable bonds is 7. The molecule has 0 saturated carbocycles. The third-order valence-electron chi connectivity index (χ3n) is 3.23. The van der Waals surface area contributed by atoms with E-state index < -0.39 is 35.8 Å². The molecule has 0 radical (unpaired) electrons. The normalized spacial score (nSPS) is 18.8. The molecule has 3 amide bonds. The van der Waals surface area contributed by atoms with Gasteiger partial charge in [0, 0.05) is 0 Å². The van der Waals surface area contributed by atoms with Gasteiger partial charge >= 0.3 is 5.97 Å². The number of thiazole rings is 1. The lowest BCUT2D eigenvalue weighted by atomic mass is 9.99. The molecule has 2 rings (SSSR count). The Morgan fingerprint density at radius 1 is 1.37 bits per heavy atom. The molecular formula is C13H13Cl2N5O6S. The number of esters is 1. The fourth-order valence-electron chi connectivity index (χ4n) is 2.00. The monoisotopic (exact) mass is 437 g/mol. The second-order valence-corrected chi connectivity index (χ2v) is 6.77. The van der Waals surface area contributed by atoms with Crippen LogP contribution in [0.3, 0.4) is 0 Å². The Morgan fingerprint density at radius 2 is 2.07 bits per heavy atom. The maximum Gasteiger partial charge on any atom is 0.331 e. The van der Waals surface area contributed by atoms with Crippen molar-refractivity contribution in [2.24, 2.45) is 5.16 Å². The summed E-state index contributed by atoms with van der Waals surface area (Å²) in [6.07, 6.45) is 0. The number of ether oxygens (including phenoxy) is 1. The fourth-order valence-corrected chi connectivity index (χ4v) is 3.13. The number of β-lactam (4-membered cyclic amide) rings is 1. The molecule has 2 heterocycles. The Balaban J connectivity index is 2.21. The van der Waals surface area contributed by atoms with E-state index in [1.165, 1.54) is 7.11 Å². The zero-order chi connectivity index (χ0) is 20.1. The second-order valence-electron chi connectivity index (χ2n) is 4.91. The minimum absolute atomic E-state index is 0.0356. The molecule has 1 aromatic rings. The molecule has 2 atom stereocenters. The van der Waals surface area contributed by atoms with Crippen molar-refractivity contribution in [1.82, 2.24) is 15.6 Å². The summed E-state index contributed by atoms with van der Waals surface area (Å²) in [7, 11) is 2.34. The summed E-state index contributed by atoms with van der Waals surface area (Å²) in [5.41, 5.74) is -0.436. The van der Waals surface area contributed by atoms with E-state index in [1.807, 2.05) is 0 Å². The lowest BCUT2D eigenvalue weighted by Gasteiger charge is -2.34. The van der Waals surface area contributed by atoms with Gasteiger partial charge in [-0.25, -0.2) is 9.78 Å². The third-order valence-corrected chi connectivity index (χ3v) is 4.64. The molecule has 1 fully saturated rings. The van der Waals surface area contributed by atoms with Crippen LogP contribution in [0, 0.1) is 0 Å². The molecule has 1 aliphatic heterocycles. The Labute approximate surface area is 166 Å². The summed E-state index contributed by atoms with van der Waals surface area (Å²) in [6, 6.07) is -2.18. The van der Waals surface area contributed by atoms with Gasteiger partial charge in [0.25, 0.3) is 5.91 Å². The summed E-state index contributed by atoms with van der Waals surface area (Å²) in [6.45, 7) is 0. The molecule has 146 valence electrons. The van der Waals surface area contributed by atoms with Crippen LogP contribution in [-0.4, -0.2) is 66.6 Å². The average Bonchev–Trinajstić information content (AvgIpc) is 3.00. The van der Waals surface area contributed by atoms with Gasteiger partial charge in [0.15, 0.2) is 16.9 Å². The van der Waals surface area contributed by atoms with Gasteiger partial charge in [-0.15, -0.1) is 11.6 Å². The van der Waals surface area contributed by atoms with Crippen LogP contribution >= 0.6 is 34.5 Å². The zero-order valence-corrected chi connectivity index (χ0v) is 16.2. The molecule has 0 aliphatic carbocycles. The third kappa shape index (κ3) is 4.64. The average molecular weight is 438 g/mol. The van der Waals surface area contributed by atoms with Crippen molar-refractivity contribution in [3.05, 3.63) is 10.0 Å². The number of carbonyl (C=O) groups is 4. The van der Waals surface area contributed by atoms with Gasteiger partial charge in [-0.2, -0.15) is 0 Å². The summed E-state index contributed by atoms with van der Waals surface area (Å²) in [5.74, 6) is -2.97. The number of oxime groups is 1. The van der Waals surface area contributed by atoms with Crippen LogP contribution in [0.25, 0.3) is 0 Å². The van der Waals surface area contributed by atoms with E-state index in [2.05, 4.69) is 35.7 Å². The van der Waals surface area contributed by atoms with Gasteiger partial charge in [-0.3, -0.25) is 14.4 Å². The number of amides is 3. The molecule has 27 heavy (non-hydrogen) atoms. The van der Waals surface area contributed by atoms with Crippen molar-refractivity contribution in [3.63, 3.8) is 0 Å². The number of carbonyl (C=O) groups excluding carboxylic acids is 4.